The SMILES string of the molecule is COc1cc(N2CCC3(CC2)CC(C#C[C@H]2C[C@H]2c2cccc4c2CN(C2CCC(=O)NC2=O)C4=O)C3)ccc1NC(=O)[C@@H]1N[C@@H](CC(C)(C)C)[C@@]2(CNc3cc(Cl)ccc32)[C@H]1c1cccc(Cl)c1F. The van der Waals surface area contributed by atoms with Crippen LogP contribution in [0.1, 0.15) is 117 Å². The van der Waals surface area contributed by atoms with Crippen LogP contribution in [0.25, 0.3) is 0 Å². The van der Waals surface area contributed by atoms with Crippen molar-refractivity contribution in [1.29, 1.82) is 0 Å². The molecule has 70 heavy (non-hydrogen) atoms. The lowest BCUT2D eigenvalue weighted by Crippen LogP contribution is -2.52. The molecule has 14 heteroatoms. The number of anilines is 3. The zero-order valence-corrected chi connectivity index (χ0v) is 41.5. The quantitative estimate of drug-likeness (QED) is 0.102. The number of imide groups is 1. The van der Waals surface area contributed by atoms with E-state index >= 15 is 4.39 Å². The molecule has 2 saturated carbocycles. The number of benzene rings is 4. The van der Waals surface area contributed by atoms with Gasteiger partial charge < -0.3 is 30.5 Å². The molecule has 4 aromatic carbocycles. The van der Waals surface area contributed by atoms with Gasteiger partial charge in [0.25, 0.3) is 5.91 Å². The molecule has 7 atom stereocenters. The van der Waals surface area contributed by atoms with Crippen LogP contribution in [0, 0.1) is 40.3 Å². The largest absolute Gasteiger partial charge is 0.494 e. The number of nitrogens with one attached hydrogen (secondary N) is 4. The second kappa shape index (κ2) is 17.6. The molecule has 4 aromatic rings. The van der Waals surface area contributed by atoms with Crippen LogP contribution in [-0.2, 0) is 26.3 Å². The number of fused-ring (bicyclic) bond motifs is 3. The molecular weight excluding hydrogens is 927 g/mol. The maximum atomic E-state index is 16.3. The Morgan fingerprint density at radius 1 is 0.971 bits per heavy atom. The van der Waals surface area contributed by atoms with E-state index in [1.807, 2.05) is 48.5 Å². The van der Waals surface area contributed by atoms with E-state index < -0.39 is 35.1 Å². The zero-order valence-electron chi connectivity index (χ0n) is 40.0. The lowest BCUT2D eigenvalue weighted by Gasteiger charge is -2.51. The molecular formula is C56H59Cl2FN6O5. The minimum Gasteiger partial charge on any atom is -0.494 e. The van der Waals surface area contributed by atoms with Gasteiger partial charge in [-0.3, -0.25) is 24.5 Å². The van der Waals surface area contributed by atoms with Crippen LogP contribution >= 0.6 is 23.2 Å². The van der Waals surface area contributed by atoms with Gasteiger partial charge in [-0.05, 0) is 120 Å². The first-order valence-corrected chi connectivity index (χ1v) is 25.6. The van der Waals surface area contributed by atoms with Crippen LogP contribution in [0.2, 0.25) is 10.0 Å². The average Bonchev–Trinajstić information content (AvgIpc) is 3.74. The van der Waals surface area contributed by atoms with Crippen molar-refractivity contribution in [2.75, 3.05) is 42.3 Å². The molecule has 11 nitrogen and oxygen atoms in total. The fourth-order valence-electron chi connectivity index (χ4n) is 13.1. The summed E-state index contributed by atoms with van der Waals surface area (Å²) in [7, 11) is 1.61. The summed E-state index contributed by atoms with van der Waals surface area (Å²) in [6, 6.07) is 21.0. The summed E-state index contributed by atoms with van der Waals surface area (Å²) < 4.78 is 22.3. The van der Waals surface area contributed by atoms with Crippen molar-refractivity contribution >= 4 is 63.9 Å². The Kier molecular flexibility index (Phi) is 11.8. The summed E-state index contributed by atoms with van der Waals surface area (Å²) in [4.78, 5) is 56.6. The second-order valence-corrected chi connectivity index (χ2v) is 23.0. The van der Waals surface area contributed by atoms with Crippen molar-refractivity contribution in [3.63, 3.8) is 0 Å². The fourth-order valence-corrected chi connectivity index (χ4v) is 13.4. The number of methoxy groups -OCH3 is 1. The van der Waals surface area contributed by atoms with Crippen molar-refractivity contribution in [1.82, 2.24) is 15.5 Å². The molecule has 0 radical (unpaired) electrons. The highest BCUT2D eigenvalue weighted by atomic mass is 35.5. The molecule has 0 aromatic heterocycles. The molecule has 4 N–H and O–H groups in total. The second-order valence-electron chi connectivity index (χ2n) is 22.1. The van der Waals surface area contributed by atoms with Crippen LogP contribution in [0.5, 0.6) is 5.75 Å². The van der Waals surface area contributed by atoms with E-state index in [0.29, 0.717) is 53.0 Å². The van der Waals surface area contributed by atoms with E-state index in [4.69, 9.17) is 27.9 Å². The third kappa shape index (κ3) is 8.19. The normalized spacial score (nSPS) is 27.6. The summed E-state index contributed by atoms with van der Waals surface area (Å²) in [5.74, 6) is 6.47. The van der Waals surface area contributed by atoms with Crippen LogP contribution < -0.4 is 30.9 Å². The monoisotopic (exact) mass is 984 g/mol. The van der Waals surface area contributed by atoms with Gasteiger partial charge in [-0.15, -0.1) is 0 Å². The predicted octanol–water partition coefficient (Wildman–Crippen LogP) is 9.57. The number of carbonyl (C=O) groups is 4. The number of hydrogen-bond acceptors (Lipinski definition) is 8. The molecule has 0 bridgehead atoms. The molecule has 5 fully saturated rings. The van der Waals surface area contributed by atoms with E-state index in [2.05, 4.69) is 64.8 Å². The van der Waals surface area contributed by atoms with Crippen molar-refractivity contribution in [3.05, 3.63) is 116 Å². The molecule has 2 aliphatic carbocycles. The van der Waals surface area contributed by atoms with Crippen LogP contribution in [0.3, 0.4) is 0 Å². The number of carbonyl (C=O) groups excluding carboxylic acids is 4. The Morgan fingerprint density at radius 2 is 1.74 bits per heavy atom. The standard InChI is InChI=1S/C56H59Cl2FN6O5/c1-54(2,3)28-46-56(30-60-43-24-33(57)13-15-40(43)56)48(37-9-6-10-41(58)49(37)59)50(62-46)52(68)61-42-16-14-34(25-45(42)70-4)64-21-19-55(20-22-64)26-31(27-55)11-12-32-23-38(32)35-7-5-8-36-39(35)29-65(53(36)69)44-17-18-47(66)63-51(44)67/h5-10,13-16,24-25,31-32,38,44,46,48,50,60,62H,17-23,26-30H2,1-4H3,(H,61,68)(H,63,66,67)/t32-,38+,44?,46-,48-,50+,56-/m0/s1. The van der Waals surface area contributed by atoms with Gasteiger partial charge in [-0.1, -0.05) is 86.1 Å². The smallest absolute Gasteiger partial charge is 0.255 e. The third-order valence-corrected chi connectivity index (χ3v) is 17.2. The zero-order chi connectivity index (χ0) is 48.9. The topological polar surface area (TPSA) is 132 Å². The van der Waals surface area contributed by atoms with Gasteiger partial charge in [0, 0.05) is 89.8 Å². The first-order valence-electron chi connectivity index (χ1n) is 24.8. The summed E-state index contributed by atoms with van der Waals surface area (Å²) >= 11 is 13.0. The molecule has 11 rings (SSSR count). The van der Waals surface area contributed by atoms with Gasteiger partial charge in [0.05, 0.1) is 23.9 Å². The molecule has 2 spiro atoms. The summed E-state index contributed by atoms with van der Waals surface area (Å²) in [5.41, 5.74) is 6.13. The molecule has 7 aliphatic rings. The Labute approximate surface area is 418 Å². The summed E-state index contributed by atoms with van der Waals surface area (Å²) in [5, 5.41) is 13.5. The lowest BCUT2D eigenvalue weighted by molar-refractivity contribution is -0.137. The van der Waals surface area contributed by atoms with Gasteiger partial charge >= 0.3 is 0 Å². The van der Waals surface area contributed by atoms with E-state index in [0.717, 1.165) is 79.7 Å². The number of ether oxygens (including phenoxy) is 1. The Balaban J connectivity index is 0.738. The van der Waals surface area contributed by atoms with Gasteiger partial charge in [0.15, 0.2) is 0 Å². The minimum atomic E-state index is -0.815. The Morgan fingerprint density at radius 3 is 2.50 bits per heavy atom. The van der Waals surface area contributed by atoms with Crippen LogP contribution in [0.4, 0.5) is 21.5 Å². The van der Waals surface area contributed by atoms with Crippen molar-refractivity contribution in [2.24, 2.45) is 22.7 Å². The number of rotatable bonds is 8. The van der Waals surface area contributed by atoms with E-state index in [-0.39, 0.29) is 57.9 Å². The number of hydrogen-bond donors (Lipinski definition) is 4. The fraction of sp³-hybridized carbons (Fsp3) is 0.464. The van der Waals surface area contributed by atoms with Crippen molar-refractivity contribution < 1.29 is 28.3 Å². The highest BCUT2D eigenvalue weighted by Gasteiger charge is 2.62. The third-order valence-electron chi connectivity index (χ3n) is 16.6. The maximum absolute atomic E-state index is 16.3. The highest BCUT2D eigenvalue weighted by Crippen LogP contribution is 2.58. The van der Waals surface area contributed by atoms with E-state index in [9.17, 15) is 19.2 Å². The first-order chi connectivity index (χ1) is 33.5. The highest BCUT2D eigenvalue weighted by molar-refractivity contribution is 6.31. The van der Waals surface area contributed by atoms with Crippen molar-refractivity contribution in [3.8, 4) is 17.6 Å². The number of piperidine rings is 2. The average molecular weight is 986 g/mol. The number of halogens is 3. The van der Waals surface area contributed by atoms with Gasteiger partial charge in [0.1, 0.15) is 17.6 Å². The molecule has 5 heterocycles. The molecule has 364 valence electrons. The number of amides is 4. The van der Waals surface area contributed by atoms with E-state index in [1.165, 1.54) is 0 Å². The molecule has 5 aliphatic heterocycles. The van der Waals surface area contributed by atoms with Gasteiger partial charge in [-0.2, -0.15) is 0 Å². The van der Waals surface area contributed by atoms with Crippen LogP contribution in [-0.4, -0.2) is 73.4 Å². The predicted molar refractivity (Wildman–Crippen MR) is 270 cm³/mol. The summed E-state index contributed by atoms with van der Waals surface area (Å²) in [6.07, 6.45) is 6.62. The minimum absolute atomic E-state index is 0.0134. The number of nitrogens with zero attached hydrogens (tertiary/aromatic N) is 2. The Bertz CT molecular complexity index is 2890. The first kappa shape index (κ1) is 46.8. The Hall–Kier alpha value is -5.61. The van der Waals surface area contributed by atoms with E-state index in [1.54, 1.807) is 30.2 Å². The lowest BCUT2D eigenvalue weighted by atomic mass is 9.58. The molecule has 1 unspecified atom stereocenters. The maximum Gasteiger partial charge on any atom is 0.255 e. The van der Waals surface area contributed by atoms with Gasteiger partial charge in [0.2, 0.25) is 17.7 Å². The summed E-state index contributed by atoms with van der Waals surface area (Å²) in [6.45, 7) is 9.23. The van der Waals surface area contributed by atoms with Crippen LogP contribution in [0.15, 0.2) is 72.8 Å². The molecule has 4 amide bonds. The van der Waals surface area contributed by atoms with Gasteiger partial charge in [-0.25, -0.2) is 4.39 Å². The van der Waals surface area contributed by atoms with Crippen molar-refractivity contribution in [2.45, 2.75) is 114 Å². The molecule has 3 saturated heterocycles.